The fraction of sp³-hybridized carbons (Fsp3) is 0.556. The van der Waals surface area contributed by atoms with Crippen LogP contribution in [0.15, 0.2) is 60.8 Å². The molecule has 1 saturated carbocycles. The molecule has 11 heteroatoms. The van der Waals surface area contributed by atoms with Gasteiger partial charge in [0.25, 0.3) is 0 Å². The number of ether oxygens (including phenoxy) is 4. The van der Waals surface area contributed by atoms with E-state index >= 15 is 0 Å². The normalized spacial score (nSPS) is 23.8. The third-order valence-electron chi connectivity index (χ3n) is 13.5. The molecular weight excluding hydrogens is 719 g/mol. The number of methoxy groups -OCH3 is 1. The molecule has 6 heterocycles. The van der Waals surface area contributed by atoms with Gasteiger partial charge in [-0.25, -0.2) is 4.79 Å². The van der Waals surface area contributed by atoms with Crippen molar-refractivity contribution in [1.29, 1.82) is 0 Å². The second-order valence-corrected chi connectivity index (χ2v) is 24.0. The number of likely N-dealkylation sites (tertiary alicyclic amines) is 1. The van der Waals surface area contributed by atoms with Crippen molar-refractivity contribution < 1.29 is 23.7 Å². The van der Waals surface area contributed by atoms with Crippen LogP contribution in [0.25, 0.3) is 11.0 Å². The summed E-state index contributed by atoms with van der Waals surface area (Å²) in [5.41, 5.74) is 7.56. The van der Waals surface area contributed by atoms with Gasteiger partial charge in [-0.1, -0.05) is 43.9 Å². The van der Waals surface area contributed by atoms with Crippen LogP contribution in [-0.2, 0) is 20.9 Å². The number of rotatable bonds is 10. The molecule has 1 aliphatic carbocycles. The maximum atomic E-state index is 13.4. The minimum absolute atomic E-state index is 0.118. The highest BCUT2D eigenvalue weighted by molar-refractivity contribution is 6.76. The van der Waals surface area contributed by atoms with Crippen LogP contribution in [0, 0.1) is 18.3 Å². The molecule has 3 saturated heterocycles. The summed E-state index contributed by atoms with van der Waals surface area (Å²) in [6, 6.07) is 21.9. The topological polar surface area (TPSA) is 81.5 Å². The van der Waals surface area contributed by atoms with E-state index < -0.39 is 8.07 Å². The van der Waals surface area contributed by atoms with Gasteiger partial charge in [0.15, 0.2) is 0 Å². The second kappa shape index (κ2) is 15.1. The maximum absolute atomic E-state index is 13.4. The van der Waals surface area contributed by atoms with Gasteiger partial charge in [0, 0.05) is 69.6 Å². The predicted molar refractivity (Wildman–Crippen MR) is 224 cm³/mol. The van der Waals surface area contributed by atoms with Gasteiger partial charge in [-0.2, -0.15) is 4.98 Å². The number of aromatic nitrogens is 2. The van der Waals surface area contributed by atoms with Crippen molar-refractivity contribution in [1.82, 2.24) is 14.5 Å². The molecule has 4 aromatic rings. The number of pyridine rings is 1. The Labute approximate surface area is 333 Å². The lowest BCUT2D eigenvalue weighted by molar-refractivity contribution is -0.0227. The lowest BCUT2D eigenvalue weighted by Gasteiger charge is -2.56. The molecule has 298 valence electrons. The van der Waals surface area contributed by atoms with Crippen LogP contribution in [-0.4, -0.2) is 93.7 Å². The Bertz CT molecular complexity index is 2060. The molecule has 2 aromatic heterocycles. The number of carbonyl (C=O) groups excluding carboxylic acids is 1. The second-order valence-electron chi connectivity index (χ2n) is 18.4. The van der Waals surface area contributed by atoms with Crippen LogP contribution in [0.1, 0.15) is 66.1 Å². The van der Waals surface area contributed by atoms with Crippen LogP contribution >= 0.6 is 0 Å². The number of hydrogen-bond acceptors (Lipinski definition) is 9. The van der Waals surface area contributed by atoms with E-state index in [1.54, 1.807) is 0 Å². The lowest BCUT2D eigenvalue weighted by atomic mass is 9.59. The Hall–Kier alpha value is -3.90. The van der Waals surface area contributed by atoms with Gasteiger partial charge in [0.05, 0.1) is 31.6 Å². The first-order chi connectivity index (χ1) is 27.1. The minimum Gasteiger partial charge on any atom is -0.470 e. The Morgan fingerprint density at radius 2 is 1.82 bits per heavy atom. The van der Waals surface area contributed by atoms with E-state index in [1.807, 2.05) is 12.3 Å². The van der Waals surface area contributed by atoms with E-state index in [1.165, 1.54) is 63.3 Å². The SMILES string of the molecule is COC(=O)c1ccc(N2CCC3(CC2)CC(N2CCC[C@H]2c2ccccc2C)C3)cc1N1C[C@@H]2COC[C@H]2Oc2nc3c(ccn3COCC[Si](C)(C)C)cc21. The summed E-state index contributed by atoms with van der Waals surface area (Å²) in [6.07, 6.45) is 9.49. The first kappa shape index (κ1) is 37.7. The molecule has 0 radical (unpaired) electrons. The molecule has 4 fully saturated rings. The van der Waals surface area contributed by atoms with E-state index in [9.17, 15) is 4.79 Å². The first-order valence-electron chi connectivity index (χ1n) is 21.0. The number of benzene rings is 2. The number of nitrogens with zero attached hydrogens (tertiary/aromatic N) is 5. The van der Waals surface area contributed by atoms with E-state index in [0.29, 0.717) is 55.4 Å². The van der Waals surface area contributed by atoms with Gasteiger partial charge in [0.2, 0.25) is 5.88 Å². The first-order valence-corrected chi connectivity index (χ1v) is 24.7. The molecular formula is C45H59N5O5Si. The van der Waals surface area contributed by atoms with E-state index in [2.05, 4.69) is 94.4 Å². The fourth-order valence-corrected chi connectivity index (χ4v) is 10.9. The number of hydrogen-bond donors (Lipinski definition) is 0. The minimum atomic E-state index is -1.19. The Kier molecular flexibility index (Phi) is 10.2. The molecule has 0 N–H and O–H groups in total. The Morgan fingerprint density at radius 3 is 2.61 bits per heavy atom. The molecule has 10 nitrogen and oxygen atoms in total. The Morgan fingerprint density at radius 1 is 1.00 bits per heavy atom. The highest BCUT2D eigenvalue weighted by Crippen LogP contribution is 2.54. The van der Waals surface area contributed by atoms with Crippen molar-refractivity contribution in [2.45, 2.75) is 96.1 Å². The van der Waals surface area contributed by atoms with Gasteiger partial charge < -0.3 is 33.3 Å². The highest BCUT2D eigenvalue weighted by atomic mass is 28.3. The molecule has 4 aliphatic heterocycles. The average molecular weight is 778 g/mol. The molecule has 2 aromatic carbocycles. The number of anilines is 3. The standard InChI is InChI=1S/C45H59N5O5Si/c1-31-9-6-7-10-36(31)38-11-8-17-49(38)35-25-45(26-35)15-19-47(20-16-45)34-12-13-37(44(51)52-2)39(24-34)50-27-33-28-54-29-41(33)55-43-40(50)23-32-14-18-48(42(32)46-43)30-53-21-22-56(3,4)5/h6-7,9-10,12-14,18,23-24,33,35,38,41H,8,11,15-17,19-22,25-30H2,1-5H3/t33-,38+,41-/m1/s1. The zero-order valence-electron chi connectivity index (χ0n) is 34.0. The zero-order valence-corrected chi connectivity index (χ0v) is 35.0. The molecule has 5 aliphatic rings. The summed E-state index contributed by atoms with van der Waals surface area (Å²) < 4.78 is 26.2. The van der Waals surface area contributed by atoms with Crippen molar-refractivity contribution >= 4 is 42.1 Å². The quantitative estimate of drug-likeness (QED) is 0.0894. The molecule has 9 rings (SSSR count). The smallest absolute Gasteiger partial charge is 0.339 e. The third kappa shape index (κ3) is 7.25. The van der Waals surface area contributed by atoms with E-state index in [4.69, 9.17) is 23.9 Å². The molecule has 0 bridgehead atoms. The zero-order chi connectivity index (χ0) is 38.6. The number of aryl methyl sites for hydroxylation is 1. The van der Waals surface area contributed by atoms with Crippen LogP contribution in [0.2, 0.25) is 25.7 Å². The molecule has 1 spiro atoms. The van der Waals surface area contributed by atoms with Crippen LogP contribution in [0.3, 0.4) is 0 Å². The summed E-state index contributed by atoms with van der Waals surface area (Å²) in [6.45, 7) is 15.6. The van der Waals surface area contributed by atoms with Crippen LogP contribution in [0.4, 0.5) is 17.1 Å². The summed E-state index contributed by atoms with van der Waals surface area (Å²) in [5.74, 6) is 0.324. The van der Waals surface area contributed by atoms with Crippen molar-refractivity contribution in [2.75, 3.05) is 62.9 Å². The third-order valence-corrected chi connectivity index (χ3v) is 15.2. The molecule has 0 amide bonds. The number of piperidine rings is 1. The van der Waals surface area contributed by atoms with Crippen molar-refractivity contribution in [3.05, 3.63) is 77.5 Å². The van der Waals surface area contributed by atoms with Gasteiger partial charge in [0.1, 0.15) is 24.2 Å². The maximum Gasteiger partial charge on any atom is 0.339 e. The van der Waals surface area contributed by atoms with E-state index in [0.717, 1.165) is 53.8 Å². The van der Waals surface area contributed by atoms with Crippen molar-refractivity contribution in [3.8, 4) is 5.88 Å². The number of fused-ring (bicyclic) bond motifs is 3. The summed E-state index contributed by atoms with van der Waals surface area (Å²) >= 11 is 0. The van der Waals surface area contributed by atoms with Crippen molar-refractivity contribution in [2.24, 2.45) is 11.3 Å². The summed E-state index contributed by atoms with van der Waals surface area (Å²) in [4.78, 5) is 26.2. The van der Waals surface area contributed by atoms with Crippen molar-refractivity contribution in [3.63, 3.8) is 0 Å². The summed E-state index contributed by atoms with van der Waals surface area (Å²) in [5, 5.41) is 1.00. The fourth-order valence-electron chi connectivity index (χ4n) is 10.2. The Balaban J connectivity index is 0.956. The molecule has 56 heavy (non-hydrogen) atoms. The van der Waals surface area contributed by atoms with Gasteiger partial charge in [-0.3, -0.25) is 4.90 Å². The average Bonchev–Trinajstić information content (AvgIpc) is 3.92. The highest BCUT2D eigenvalue weighted by Gasteiger charge is 2.50. The number of carbonyl (C=O) groups is 1. The van der Waals surface area contributed by atoms with Gasteiger partial charge in [-0.05, 0) is 105 Å². The number of esters is 1. The molecule has 0 unspecified atom stereocenters. The van der Waals surface area contributed by atoms with Gasteiger partial charge in [-0.15, -0.1) is 0 Å². The molecule has 3 atom stereocenters. The predicted octanol–water partition coefficient (Wildman–Crippen LogP) is 8.58. The van der Waals surface area contributed by atoms with Gasteiger partial charge >= 0.3 is 5.97 Å². The lowest BCUT2D eigenvalue weighted by Crippen LogP contribution is -2.54. The van der Waals surface area contributed by atoms with Crippen LogP contribution < -0.4 is 14.5 Å². The summed E-state index contributed by atoms with van der Waals surface area (Å²) in [7, 11) is 0.266. The largest absolute Gasteiger partial charge is 0.470 e. The monoisotopic (exact) mass is 777 g/mol. The van der Waals surface area contributed by atoms with E-state index in [-0.39, 0.29) is 18.0 Å². The van der Waals surface area contributed by atoms with Crippen LogP contribution in [0.5, 0.6) is 5.88 Å².